The highest BCUT2D eigenvalue weighted by Crippen LogP contribution is 2.25. The Morgan fingerprint density at radius 1 is 1.00 bits per heavy atom. The van der Waals surface area contributed by atoms with E-state index in [-0.39, 0.29) is 0 Å². The number of hydrogen-bond acceptors (Lipinski definition) is 3. The molecule has 0 fully saturated rings. The van der Waals surface area contributed by atoms with Crippen molar-refractivity contribution in [3.05, 3.63) is 59.3 Å². The van der Waals surface area contributed by atoms with Gasteiger partial charge in [0.15, 0.2) is 0 Å². The van der Waals surface area contributed by atoms with Gasteiger partial charge in [-0.05, 0) is 37.8 Å². The zero-order chi connectivity index (χ0) is 16.7. The Balaban J connectivity index is 0. The van der Waals surface area contributed by atoms with Crippen molar-refractivity contribution in [2.75, 3.05) is 14.2 Å². The van der Waals surface area contributed by atoms with Crippen LogP contribution >= 0.6 is 0 Å². The molecule has 4 heteroatoms. The van der Waals surface area contributed by atoms with Crippen molar-refractivity contribution < 1.29 is 20.1 Å². The van der Waals surface area contributed by atoms with Gasteiger partial charge in [0.1, 0.15) is 0 Å². The first-order valence-corrected chi connectivity index (χ1v) is 6.62. The Kier molecular flexibility index (Phi) is 14.8. The largest absolute Gasteiger partial charge is 0.478 e. The molecule has 3 N–H and O–H groups in total. The molecule has 0 atom stereocenters. The topological polar surface area (TPSA) is 77.8 Å². The van der Waals surface area contributed by atoms with Gasteiger partial charge in [-0.3, -0.25) is 0 Å². The first kappa shape index (κ1) is 21.4. The fraction of sp³-hybridized carbons (Fsp3) is 0.353. The summed E-state index contributed by atoms with van der Waals surface area (Å²) in [6.45, 7) is 3.26. The van der Waals surface area contributed by atoms with Crippen LogP contribution < -0.4 is 0 Å². The molecule has 21 heavy (non-hydrogen) atoms. The van der Waals surface area contributed by atoms with Crippen molar-refractivity contribution in [3.63, 3.8) is 0 Å². The molecule has 0 aromatic rings. The van der Waals surface area contributed by atoms with Gasteiger partial charge in [0.2, 0.25) is 0 Å². The highest BCUT2D eigenvalue weighted by Gasteiger charge is 2.05. The van der Waals surface area contributed by atoms with Crippen LogP contribution in [0.5, 0.6) is 0 Å². The van der Waals surface area contributed by atoms with Crippen LogP contribution in [0.25, 0.3) is 0 Å². The third-order valence-corrected chi connectivity index (χ3v) is 2.73. The van der Waals surface area contributed by atoms with Crippen molar-refractivity contribution in [1.82, 2.24) is 0 Å². The van der Waals surface area contributed by atoms with Gasteiger partial charge in [0.25, 0.3) is 0 Å². The molecule has 2 rings (SSSR count). The number of rotatable bonds is 2. The molecular formula is C17H26O4. The fourth-order valence-electron chi connectivity index (χ4n) is 1.49. The summed E-state index contributed by atoms with van der Waals surface area (Å²) in [6.07, 6.45) is 16.9. The average molecular weight is 294 g/mol. The molecule has 0 saturated carbocycles. The van der Waals surface area contributed by atoms with E-state index in [0.717, 1.165) is 27.1 Å². The SMILES string of the molecule is C1=CCC(C2=CC=CC2)=C1.CC=C(C)C(=O)O.CO.CO. The van der Waals surface area contributed by atoms with Crippen LogP contribution in [0.3, 0.4) is 0 Å². The Labute approximate surface area is 127 Å². The Bertz CT molecular complexity index is 410. The first-order chi connectivity index (χ1) is 10.1. The summed E-state index contributed by atoms with van der Waals surface area (Å²) >= 11 is 0. The van der Waals surface area contributed by atoms with E-state index in [4.69, 9.17) is 15.3 Å². The number of allylic oxidation sites excluding steroid dienone is 9. The minimum Gasteiger partial charge on any atom is -0.478 e. The highest BCUT2D eigenvalue weighted by molar-refractivity contribution is 5.85. The van der Waals surface area contributed by atoms with Crippen molar-refractivity contribution in [3.8, 4) is 0 Å². The number of carbonyl (C=O) groups is 1. The van der Waals surface area contributed by atoms with Crippen LogP contribution in [0.15, 0.2) is 59.3 Å². The van der Waals surface area contributed by atoms with Crippen LogP contribution in [-0.4, -0.2) is 35.5 Å². The Hall–Kier alpha value is -1.91. The molecule has 0 aromatic heterocycles. The van der Waals surface area contributed by atoms with Crippen LogP contribution in [0, 0.1) is 0 Å². The fourth-order valence-corrected chi connectivity index (χ4v) is 1.49. The summed E-state index contributed by atoms with van der Waals surface area (Å²) < 4.78 is 0. The van der Waals surface area contributed by atoms with Crippen molar-refractivity contribution >= 4 is 5.97 Å². The molecule has 0 aliphatic heterocycles. The molecule has 0 radical (unpaired) electrons. The molecule has 0 unspecified atom stereocenters. The van der Waals surface area contributed by atoms with Crippen LogP contribution in [0.2, 0.25) is 0 Å². The van der Waals surface area contributed by atoms with E-state index in [1.54, 1.807) is 19.9 Å². The first-order valence-electron chi connectivity index (χ1n) is 6.62. The lowest BCUT2D eigenvalue weighted by molar-refractivity contribution is -0.132. The van der Waals surface area contributed by atoms with Gasteiger partial charge in [-0.15, -0.1) is 0 Å². The van der Waals surface area contributed by atoms with Crippen LogP contribution in [0.4, 0.5) is 0 Å². The third-order valence-electron chi connectivity index (χ3n) is 2.73. The van der Waals surface area contributed by atoms with E-state index in [0.29, 0.717) is 5.57 Å². The van der Waals surface area contributed by atoms with Gasteiger partial charge in [-0.25, -0.2) is 4.79 Å². The van der Waals surface area contributed by atoms with Crippen LogP contribution in [0.1, 0.15) is 26.7 Å². The molecule has 0 spiro atoms. The summed E-state index contributed by atoms with van der Waals surface area (Å²) in [5.74, 6) is -0.845. The number of carboxylic acid groups (broad SMARTS) is 1. The zero-order valence-corrected chi connectivity index (χ0v) is 13.2. The summed E-state index contributed by atoms with van der Waals surface area (Å²) in [5.41, 5.74) is 3.37. The van der Waals surface area contributed by atoms with E-state index < -0.39 is 5.97 Å². The van der Waals surface area contributed by atoms with Gasteiger partial charge < -0.3 is 15.3 Å². The Morgan fingerprint density at radius 2 is 1.38 bits per heavy atom. The maximum absolute atomic E-state index is 9.86. The lowest BCUT2D eigenvalue weighted by Gasteiger charge is -1.99. The highest BCUT2D eigenvalue weighted by atomic mass is 16.4. The molecule has 4 nitrogen and oxygen atoms in total. The predicted molar refractivity (Wildman–Crippen MR) is 87.0 cm³/mol. The van der Waals surface area contributed by atoms with Crippen LogP contribution in [-0.2, 0) is 4.79 Å². The number of aliphatic carboxylic acids is 1. The Morgan fingerprint density at radius 3 is 1.52 bits per heavy atom. The lowest BCUT2D eigenvalue weighted by atomic mass is 10.1. The summed E-state index contributed by atoms with van der Waals surface area (Å²) in [6, 6.07) is 0. The molecule has 118 valence electrons. The predicted octanol–water partition coefficient (Wildman–Crippen LogP) is 3.01. The van der Waals surface area contributed by atoms with Crippen molar-refractivity contribution in [1.29, 1.82) is 0 Å². The molecule has 0 amide bonds. The van der Waals surface area contributed by atoms with E-state index in [9.17, 15) is 4.79 Å². The second-order valence-electron chi connectivity index (χ2n) is 3.93. The summed E-state index contributed by atoms with van der Waals surface area (Å²) in [4.78, 5) is 9.86. The standard InChI is InChI=1S/C10H10.C5H8O2.2CH4O/c1-2-6-9(5-1)10-7-3-4-8-10;1-3-4(2)5(6)7;2*1-2/h1-5,7H,6,8H2;3H,1-2H3,(H,6,7);2*2H,1H3. The van der Waals surface area contributed by atoms with Crippen molar-refractivity contribution in [2.24, 2.45) is 0 Å². The number of aliphatic hydroxyl groups is 2. The normalized spacial score (nSPS) is 14.7. The van der Waals surface area contributed by atoms with E-state index in [1.165, 1.54) is 11.1 Å². The maximum Gasteiger partial charge on any atom is 0.330 e. The van der Waals surface area contributed by atoms with Gasteiger partial charge >= 0.3 is 5.97 Å². The molecule has 0 saturated heterocycles. The van der Waals surface area contributed by atoms with E-state index in [1.807, 2.05) is 0 Å². The molecular weight excluding hydrogens is 268 g/mol. The van der Waals surface area contributed by atoms with E-state index >= 15 is 0 Å². The van der Waals surface area contributed by atoms with Crippen molar-refractivity contribution in [2.45, 2.75) is 26.7 Å². The smallest absolute Gasteiger partial charge is 0.330 e. The number of carboxylic acids is 1. The summed E-state index contributed by atoms with van der Waals surface area (Å²) in [5, 5.41) is 22.1. The molecule has 2 aliphatic rings. The zero-order valence-electron chi connectivity index (χ0n) is 13.2. The van der Waals surface area contributed by atoms with Gasteiger partial charge in [0.05, 0.1) is 0 Å². The second-order valence-corrected chi connectivity index (χ2v) is 3.93. The second kappa shape index (κ2) is 14.5. The molecule has 0 aromatic carbocycles. The van der Waals surface area contributed by atoms with Gasteiger partial charge in [-0.2, -0.15) is 0 Å². The average Bonchev–Trinajstić information content (AvgIpc) is 3.23. The maximum atomic E-state index is 9.86. The lowest BCUT2D eigenvalue weighted by Crippen LogP contribution is -1.93. The van der Waals surface area contributed by atoms with Gasteiger partial charge in [-0.1, -0.05) is 42.5 Å². The number of aliphatic hydroxyl groups excluding tert-OH is 2. The minimum absolute atomic E-state index is 0.389. The third kappa shape index (κ3) is 9.60. The molecule has 0 heterocycles. The monoisotopic (exact) mass is 294 g/mol. The molecule has 2 aliphatic carbocycles. The van der Waals surface area contributed by atoms with E-state index in [2.05, 4.69) is 36.5 Å². The molecule has 0 bridgehead atoms. The minimum atomic E-state index is -0.845. The summed E-state index contributed by atoms with van der Waals surface area (Å²) in [7, 11) is 2.00. The van der Waals surface area contributed by atoms with Gasteiger partial charge in [0, 0.05) is 19.8 Å². The number of hydrogen-bond donors (Lipinski definition) is 3. The quantitative estimate of drug-likeness (QED) is 0.684.